The molecule has 3 fully saturated rings. The summed E-state index contributed by atoms with van der Waals surface area (Å²) in [5.74, 6) is 2.48. The minimum absolute atomic E-state index is 0.00250. The van der Waals surface area contributed by atoms with E-state index in [4.69, 9.17) is 20.4 Å². The van der Waals surface area contributed by atoms with Gasteiger partial charge in [0.05, 0.1) is 24.0 Å². The van der Waals surface area contributed by atoms with E-state index in [-0.39, 0.29) is 23.9 Å². The third-order valence-corrected chi connectivity index (χ3v) is 10.8. The number of amides is 2. The number of nitrogens with two attached hydrogens (primary N) is 1. The van der Waals surface area contributed by atoms with Crippen molar-refractivity contribution in [3.8, 4) is 28.5 Å². The molecule has 0 spiro atoms. The molecule has 3 N–H and O–H groups in total. The number of pyridine rings is 1. The molecule has 10 heteroatoms. The van der Waals surface area contributed by atoms with Crippen LogP contribution in [0.4, 0.5) is 5.69 Å². The van der Waals surface area contributed by atoms with Gasteiger partial charge in [-0.2, -0.15) is 0 Å². The van der Waals surface area contributed by atoms with Gasteiger partial charge in [0.15, 0.2) is 5.82 Å². The second-order valence-corrected chi connectivity index (χ2v) is 13.6. The molecule has 5 aromatic rings. The Bertz CT molecular complexity index is 2090. The lowest BCUT2D eigenvalue weighted by Gasteiger charge is -2.27. The summed E-state index contributed by atoms with van der Waals surface area (Å²) >= 11 is 0. The van der Waals surface area contributed by atoms with Crippen molar-refractivity contribution in [3.63, 3.8) is 0 Å². The highest BCUT2D eigenvalue weighted by Crippen LogP contribution is 2.41. The van der Waals surface area contributed by atoms with Crippen LogP contribution in [0, 0.1) is 11.8 Å². The minimum atomic E-state index is -0.00250. The van der Waals surface area contributed by atoms with Crippen LogP contribution < -0.4 is 15.8 Å². The Balaban J connectivity index is 1.15. The molecule has 2 amide bonds. The Morgan fingerprint density at radius 1 is 1.07 bits per heavy atom. The fourth-order valence-electron chi connectivity index (χ4n) is 8.14. The van der Waals surface area contributed by atoms with Gasteiger partial charge in [-0.05, 0) is 85.9 Å². The molecule has 1 saturated heterocycles. The van der Waals surface area contributed by atoms with Crippen molar-refractivity contribution < 1.29 is 14.3 Å². The highest BCUT2D eigenvalue weighted by atomic mass is 16.5. The molecule has 5 heterocycles. The van der Waals surface area contributed by atoms with Crippen molar-refractivity contribution in [1.29, 1.82) is 0 Å². The van der Waals surface area contributed by atoms with Gasteiger partial charge < -0.3 is 29.8 Å². The molecule has 2 aliphatic carbocycles. The fraction of sp³-hybridized carbons (Fsp3) is 0.389. The minimum Gasteiger partial charge on any atom is -0.494 e. The Labute approximate surface area is 266 Å². The van der Waals surface area contributed by atoms with Gasteiger partial charge in [-0.1, -0.05) is 12.1 Å². The Kier molecular flexibility index (Phi) is 6.09. The SMILES string of the molecule is COc1cc(C(=O)N2CC3CCC2C3N)cc2nc(-c3cc4ccc(-c5cccc6c5CCC(=O)N6)nc4n3CC3CC3)n(C)c12. The third kappa shape index (κ3) is 4.19. The van der Waals surface area contributed by atoms with E-state index in [9.17, 15) is 9.59 Å². The van der Waals surface area contributed by atoms with Crippen LogP contribution in [0.1, 0.15) is 48.0 Å². The number of nitrogens with zero attached hydrogens (tertiary/aromatic N) is 5. The molecule has 2 aromatic carbocycles. The maximum atomic E-state index is 13.8. The number of methoxy groups -OCH3 is 1. The molecule has 2 aliphatic heterocycles. The number of aryl methyl sites for hydroxylation is 1. The lowest BCUT2D eigenvalue weighted by atomic mass is 9.95. The van der Waals surface area contributed by atoms with E-state index in [0.717, 1.165) is 82.0 Å². The molecule has 3 aromatic heterocycles. The predicted octanol–water partition coefficient (Wildman–Crippen LogP) is 5.12. The molecule has 9 rings (SSSR count). The number of carbonyl (C=O) groups excluding carboxylic acids is 2. The van der Waals surface area contributed by atoms with E-state index in [1.54, 1.807) is 7.11 Å². The van der Waals surface area contributed by atoms with E-state index in [2.05, 4.69) is 38.7 Å². The number of rotatable bonds is 6. The quantitative estimate of drug-likeness (QED) is 0.274. The van der Waals surface area contributed by atoms with Gasteiger partial charge >= 0.3 is 0 Å². The second-order valence-electron chi connectivity index (χ2n) is 13.6. The van der Waals surface area contributed by atoms with Gasteiger partial charge in [0.25, 0.3) is 5.91 Å². The molecule has 234 valence electrons. The highest BCUT2D eigenvalue weighted by molar-refractivity contribution is 6.01. The first-order valence-electron chi connectivity index (χ1n) is 16.4. The molecule has 3 unspecified atom stereocenters. The summed E-state index contributed by atoms with van der Waals surface area (Å²) in [6.45, 7) is 1.58. The molecule has 10 nitrogen and oxygen atoms in total. The van der Waals surface area contributed by atoms with Gasteiger partial charge in [0.2, 0.25) is 5.91 Å². The van der Waals surface area contributed by atoms with Gasteiger partial charge in [-0.15, -0.1) is 0 Å². The summed E-state index contributed by atoms with van der Waals surface area (Å²) in [6, 6.07) is 16.4. The molecule has 46 heavy (non-hydrogen) atoms. The van der Waals surface area contributed by atoms with Gasteiger partial charge in [-0.25, -0.2) is 9.97 Å². The van der Waals surface area contributed by atoms with Crippen LogP contribution in [0.15, 0.2) is 48.5 Å². The van der Waals surface area contributed by atoms with Crippen molar-refractivity contribution in [2.24, 2.45) is 24.6 Å². The molecule has 2 saturated carbocycles. The van der Waals surface area contributed by atoms with Crippen LogP contribution in [-0.2, 0) is 24.8 Å². The Morgan fingerprint density at radius 2 is 1.93 bits per heavy atom. The average Bonchev–Trinajstić information content (AvgIpc) is 3.47. The van der Waals surface area contributed by atoms with Gasteiger partial charge in [0, 0.05) is 60.8 Å². The number of piperidine rings is 1. The summed E-state index contributed by atoms with van der Waals surface area (Å²) in [5.41, 5.74) is 14.5. The average molecular weight is 616 g/mol. The normalized spacial score (nSPS) is 22.1. The lowest BCUT2D eigenvalue weighted by molar-refractivity contribution is -0.116. The van der Waals surface area contributed by atoms with Crippen LogP contribution in [0.25, 0.3) is 44.8 Å². The smallest absolute Gasteiger partial charge is 0.254 e. The Hall–Kier alpha value is -4.70. The van der Waals surface area contributed by atoms with Crippen molar-refractivity contribution >= 4 is 39.6 Å². The van der Waals surface area contributed by atoms with Gasteiger partial charge in [0.1, 0.15) is 16.9 Å². The van der Waals surface area contributed by atoms with Crippen molar-refractivity contribution in [1.82, 2.24) is 24.0 Å². The van der Waals surface area contributed by atoms with Crippen LogP contribution >= 0.6 is 0 Å². The number of nitrogens with one attached hydrogen (secondary N) is 1. The third-order valence-electron chi connectivity index (χ3n) is 10.8. The first-order valence-corrected chi connectivity index (χ1v) is 16.4. The van der Waals surface area contributed by atoms with Crippen LogP contribution in [0.3, 0.4) is 0 Å². The first-order chi connectivity index (χ1) is 22.4. The molecule has 3 atom stereocenters. The highest BCUT2D eigenvalue weighted by Gasteiger charge is 2.47. The zero-order valence-corrected chi connectivity index (χ0v) is 26.1. The first kappa shape index (κ1) is 27.6. The van der Waals surface area contributed by atoms with Crippen LogP contribution in [-0.4, -0.2) is 61.6 Å². The molecule has 4 aliphatic rings. The standard InChI is InChI=1S/C36H37N7O3/c1-41-33-27(14-22(16-30(33)46-2)36(45)43-18-21-9-12-28(43)32(21)37)40-35(41)29-15-20-8-11-26(39-34(20)42(29)17-19-6-7-19)23-4-3-5-25-24(23)10-13-31(44)38-25/h3-5,8,11,14-16,19,21,28,32H,6-7,9-10,12-13,17-18,37H2,1-2H3,(H,38,44). The number of likely N-dealkylation sites (tertiary alicyclic amines) is 1. The van der Waals surface area contributed by atoms with E-state index >= 15 is 0 Å². The topological polar surface area (TPSA) is 120 Å². The summed E-state index contributed by atoms with van der Waals surface area (Å²) in [4.78, 5) is 38.2. The monoisotopic (exact) mass is 615 g/mol. The van der Waals surface area contributed by atoms with Crippen molar-refractivity contribution in [2.75, 3.05) is 19.0 Å². The van der Waals surface area contributed by atoms with E-state index < -0.39 is 0 Å². The number of aromatic nitrogens is 4. The number of anilines is 1. The second kappa shape index (κ2) is 10.2. The molecule has 0 radical (unpaired) electrons. The number of carbonyl (C=O) groups is 2. The van der Waals surface area contributed by atoms with E-state index in [0.29, 0.717) is 36.0 Å². The number of ether oxygens (including phenoxy) is 1. The predicted molar refractivity (Wildman–Crippen MR) is 177 cm³/mol. The summed E-state index contributed by atoms with van der Waals surface area (Å²) < 4.78 is 10.3. The van der Waals surface area contributed by atoms with Crippen molar-refractivity contribution in [3.05, 3.63) is 59.7 Å². The van der Waals surface area contributed by atoms with Gasteiger partial charge in [-0.3, -0.25) is 9.59 Å². The zero-order valence-electron chi connectivity index (χ0n) is 26.1. The molecular formula is C36H37N7O3. The van der Waals surface area contributed by atoms with Crippen LogP contribution in [0.2, 0.25) is 0 Å². The fourth-order valence-corrected chi connectivity index (χ4v) is 8.14. The largest absolute Gasteiger partial charge is 0.494 e. The van der Waals surface area contributed by atoms with Crippen molar-refractivity contribution in [2.45, 2.75) is 57.2 Å². The number of benzene rings is 2. The molecule has 2 bridgehead atoms. The lowest BCUT2D eigenvalue weighted by Crippen LogP contribution is -2.41. The number of hydrogen-bond donors (Lipinski definition) is 2. The zero-order chi connectivity index (χ0) is 31.3. The number of hydrogen-bond acceptors (Lipinski definition) is 6. The maximum absolute atomic E-state index is 13.8. The summed E-state index contributed by atoms with van der Waals surface area (Å²) in [5, 5.41) is 4.07. The molecular weight excluding hydrogens is 578 g/mol. The number of imidazole rings is 1. The number of fused-ring (bicyclic) bond motifs is 5. The summed E-state index contributed by atoms with van der Waals surface area (Å²) in [7, 11) is 3.66. The summed E-state index contributed by atoms with van der Waals surface area (Å²) in [6.07, 6.45) is 5.64. The van der Waals surface area contributed by atoms with E-state index in [1.807, 2.05) is 36.2 Å². The maximum Gasteiger partial charge on any atom is 0.254 e. The van der Waals surface area contributed by atoms with Crippen LogP contribution in [0.5, 0.6) is 5.75 Å². The van der Waals surface area contributed by atoms with E-state index in [1.165, 1.54) is 12.8 Å². The Morgan fingerprint density at radius 3 is 2.70 bits per heavy atom.